The van der Waals surface area contributed by atoms with Gasteiger partial charge in [-0.1, -0.05) is 12.1 Å². The second kappa shape index (κ2) is 6.11. The summed E-state index contributed by atoms with van der Waals surface area (Å²) in [6.07, 6.45) is -0.818. The lowest BCUT2D eigenvalue weighted by atomic mass is 10.3. The van der Waals surface area contributed by atoms with Crippen molar-refractivity contribution in [3.63, 3.8) is 0 Å². The molecule has 0 aliphatic heterocycles. The van der Waals surface area contributed by atoms with Gasteiger partial charge >= 0.3 is 17.6 Å². The highest BCUT2D eigenvalue weighted by molar-refractivity contribution is 5.89. The predicted molar refractivity (Wildman–Crippen MR) is 83.1 cm³/mol. The van der Waals surface area contributed by atoms with Crippen LogP contribution in [0.3, 0.4) is 0 Å². The molecular weight excluding hydrogens is 316 g/mol. The van der Waals surface area contributed by atoms with E-state index >= 15 is 0 Å². The van der Waals surface area contributed by atoms with Crippen LogP contribution in [-0.4, -0.2) is 44.4 Å². The number of nitrogens with zero attached hydrogens (tertiary/aromatic N) is 4. The molecule has 0 saturated carbocycles. The second-order valence-corrected chi connectivity index (χ2v) is 4.72. The lowest BCUT2D eigenvalue weighted by Crippen LogP contribution is -2.30. The van der Waals surface area contributed by atoms with E-state index in [9.17, 15) is 14.4 Å². The van der Waals surface area contributed by atoms with Crippen molar-refractivity contribution in [2.45, 2.75) is 13.8 Å². The first-order valence-corrected chi connectivity index (χ1v) is 7.33. The molecule has 0 spiro atoms. The zero-order chi connectivity index (χ0) is 17.3. The van der Waals surface area contributed by atoms with E-state index < -0.39 is 17.6 Å². The van der Waals surface area contributed by atoms with Gasteiger partial charge in [0.15, 0.2) is 0 Å². The van der Waals surface area contributed by atoms with Crippen molar-refractivity contribution in [2.24, 2.45) is 0 Å². The minimum atomic E-state index is -0.818. The van der Waals surface area contributed by atoms with Gasteiger partial charge in [-0.05, 0) is 26.0 Å². The number of esters is 1. The Morgan fingerprint density at radius 1 is 1.08 bits per heavy atom. The van der Waals surface area contributed by atoms with Crippen LogP contribution in [0.4, 0.5) is 4.79 Å². The first-order valence-electron chi connectivity index (χ1n) is 7.33. The number of aromatic nitrogens is 4. The summed E-state index contributed by atoms with van der Waals surface area (Å²) < 4.78 is 11.9. The Bertz CT molecular complexity index is 1000. The molecule has 24 heavy (non-hydrogen) atoms. The molecule has 0 radical (unpaired) electrons. The zero-order valence-corrected chi connectivity index (χ0v) is 13.1. The van der Waals surface area contributed by atoms with Crippen LogP contribution >= 0.6 is 0 Å². The number of rotatable bonds is 3. The summed E-state index contributed by atoms with van der Waals surface area (Å²) in [7, 11) is 0. The summed E-state index contributed by atoms with van der Waals surface area (Å²) in [6.45, 7) is 3.56. The SMILES string of the molecule is CCOC(=O)c1nc2c(=O)n(C(=O)OCC)c3ccccc3n2n1. The minimum absolute atomic E-state index is 0.117. The number of hydrogen-bond acceptors (Lipinski definition) is 7. The van der Waals surface area contributed by atoms with Crippen LogP contribution in [0.15, 0.2) is 29.1 Å². The van der Waals surface area contributed by atoms with Gasteiger partial charge in [0.05, 0.1) is 24.2 Å². The van der Waals surface area contributed by atoms with Crippen molar-refractivity contribution < 1.29 is 19.1 Å². The Hall–Kier alpha value is -3.23. The van der Waals surface area contributed by atoms with E-state index in [1.54, 1.807) is 38.1 Å². The lowest BCUT2D eigenvalue weighted by Gasteiger charge is -2.09. The molecule has 9 heteroatoms. The van der Waals surface area contributed by atoms with E-state index in [1.807, 2.05) is 0 Å². The van der Waals surface area contributed by atoms with Crippen molar-refractivity contribution in [1.82, 2.24) is 19.2 Å². The minimum Gasteiger partial charge on any atom is -0.460 e. The fourth-order valence-corrected chi connectivity index (χ4v) is 2.31. The number of hydrogen-bond donors (Lipinski definition) is 0. The monoisotopic (exact) mass is 330 g/mol. The summed E-state index contributed by atoms with van der Waals surface area (Å²) >= 11 is 0. The normalized spacial score (nSPS) is 10.9. The summed E-state index contributed by atoms with van der Waals surface area (Å²) in [5.74, 6) is -0.993. The quantitative estimate of drug-likeness (QED) is 0.665. The highest BCUT2D eigenvalue weighted by Crippen LogP contribution is 2.14. The number of benzene rings is 1. The number of carbonyl (C=O) groups is 2. The van der Waals surface area contributed by atoms with Gasteiger partial charge in [-0.3, -0.25) is 4.79 Å². The number of carbonyl (C=O) groups excluding carboxylic acids is 2. The maximum absolute atomic E-state index is 12.6. The number of fused-ring (bicyclic) bond motifs is 3. The van der Waals surface area contributed by atoms with E-state index in [0.717, 1.165) is 4.57 Å². The third-order valence-electron chi connectivity index (χ3n) is 3.26. The largest absolute Gasteiger partial charge is 0.460 e. The molecule has 2 heterocycles. The third-order valence-corrected chi connectivity index (χ3v) is 3.26. The molecule has 9 nitrogen and oxygen atoms in total. The predicted octanol–water partition coefficient (Wildman–Crippen LogP) is 1.23. The molecule has 2 aromatic heterocycles. The van der Waals surface area contributed by atoms with E-state index in [1.165, 1.54) is 4.52 Å². The van der Waals surface area contributed by atoms with Gasteiger partial charge in [0.25, 0.3) is 5.82 Å². The van der Waals surface area contributed by atoms with Gasteiger partial charge < -0.3 is 9.47 Å². The molecule has 0 N–H and O–H groups in total. The fraction of sp³-hybridized carbons (Fsp3) is 0.267. The topological polar surface area (TPSA) is 105 Å². The molecule has 0 amide bonds. The van der Waals surface area contributed by atoms with Gasteiger partial charge in [-0.25, -0.2) is 18.7 Å². The Balaban J connectivity index is 2.36. The van der Waals surface area contributed by atoms with Crippen molar-refractivity contribution in [3.05, 3.63) is 40.4 Å². The molecule has 0 unspecified atom stereocenters. The third kappa shape index (κ3) is 2.39. The number of para-hydroxylation sites is 2. The van der Waals surface area contributed by atoms with Crippen LogP contribution in [0.2, 0.25) is 0 Å². The van der Waals surface area contributed by atoms with E-state index in [2.05, 4.69) is 10.1 Å². The Labute approximate surface area is 135 Å². The van der Waals surface area contributed by atoms with E-state index in [4.69, 9.17) is 9.47 Å². The molecule has 3 rings (SSSR count). The van der Waals surface area contributed by atoms with Gasteiger partial charge in [0.1, 0.15) is 0 Å². The standard InChI is InChI=1S/C15H14N4O5/c1-3-23-14(21)11-16-12-13(20)18(15(22)24-4-2)9-7-5-6-8-10(9)19(12)17-11/h5-8H,3-4H2,1-2H3. The summed E-state index contributed by atoms with van der Waals surface area (Å²) in [4.78, 5) is 40.5. The summed E-state index contributed by atoms with van der Waals surface area (Å²) in [5, 5.41) is 4.03. The molecule has 124 valence electrons. The van der Waals surface area contributed by atoms with Crippen LogP contribution < -0.4 is 5.56 Å². The van der Waals surface area contributed by atoms with Crippen molar-refractivity contribution >= 4 is 28.7 Å². The van der Waals surface area contributed by atoms with Gasteiger partial charge in [-0.2, -0.15) is 4.98 Å². The Kier molecular flexibility index (Phi) is 3.98. The van der Waals surface area contributed by atoms with Crippen LogP contribution in [0.5, 0.6) is 0 Å². The molecule has 0 fully saturated rings. The molecule has 0 atom stereocenters. The molecule has 0 bridgehead atoms. The van der Waals surface area contributed by atoms with Crippen molar-refractivity contribution in [2.75, 3.05) is 13.2 Å². The Morgan fingerprint density at radius 2 is 1.75 bits per heavy atom. The smallest absolute Gasteiger partial charge is 0.421 e. The molecule has 1 aromatic carbocycles. The van der Waals surface area contributed by atoms with Crippen molar-refractivity contribution in [1.29, 1.82) is 0 Å². The van der Waals surface area contributed by atoms with Gasteiger partial charge in [0, 0.05) is 0 Å². The maximum atomic E-state index is 12.6. The van der Waals surface area contributed by atoms with Gasteiger partial charge in [0.2, 0.25) is 5.65 Å². The van der Waals surface area contributed by atoms with Crippen molar-refractivity contribution in [3.8, 4) is 0 Å². The first kappa shape index (κ1) is 15.7. The number of ether oxygens (including phenoxy) is 2. The molecule has 3 aromatic rings. The Morgan fingerprint density at radius 3 is 2.42 bits per heavy atom. The summed E-state index contributed by atoms with van der Waals surface area (Å²) in [6, 6.07) is 6.62. The zero-order valence-electron chi connectivity index (χ0n) is 13.1. The highest BCUT2D eigenvalue weighted by Gasteiger charge is 2.22. The summed E-state index contributed by atoms with van der Waals surface area (Å²) in [5.41, 5.74) is -0.156. The van der Waals surface area contributed by atoms with Crippen LogP contribution in [0.1, 0.15) is 24.5 Å². The molecular formula is C15H14N4O5. The maximum Gasteiger partial charge on any atom is 0.421 e. The first-order chi connectivity index (χ1) is 11.6. The average Bonchev–Trinajstić information content (AvgIpc) is 3.02. The van der Waals surface area contributed by atoms with E-state index in [-0.39, 0.29) is 24.7 Å². The average molecular weight is 330 g/mol. The van der Waals surface area contributed by atoms with Crippen LogP contribution in [0, 0.1) is 0 Å². The fourth-order valence-electron chi connectivity index (χ4n) is 2.31. The molecule has 0 saturated heterocycles. The van der Waals surface area contributed by atoms with Crippen LogP contribution in [-0.2, 0) is 9.47 Å². The lowest BCUT2D eigenvalue weighted by molar-refractivity contribution is 0.0512. The highest BCUT2D eigenvalue weighted by atomic mass is 16.5. The van der Waals surface area contributed by atoms with E-state index in [0.29, 0.717) is 11.0 Å². The molecule has 0 aliphatic rings. The van der Waals surface area contributed by atoms with Crippen LogP contribution in [0.25, 0.3) is 16.7 Å². The molecule has 0 aliphatic carbocycles. The second-order valence-electron chi connectivity index (χ2n) is 4.72. The van der Waals surface area contributed by atoms with Gasteiger partial charge in [-0.15, -0.1) is 5.10 Å².